The second-order valence-corrected chi connectivity index (χ2v) is 5.28. The fourth-order valence-corrected chi connectivity index (χ4v) is 2.32. The number of carboxylic acid groups (broad SMARTS) is 1. The Morgan fingerprint density at radius 3 is 2.72 bits per heavy atom. The molecular weight excluding hydrogens is 248 g/mol. The molecule has 1 aromatic rings. The van der Waals surface area contributed by atoms with Crippen LogP contribution in [-0.4, -0.2) is 35.7 Å². The fraction of sp³-hybridized carbons (Fsp3) is 0.462. The van der Waals surface area contributed by atoms with E-state index in [9.17, 15) is 4.79 Å². The van der Waals surface area contributed by atoms with E-state index in [0.717, 1.165) is 23.7 Å². The minimum absolute atomic E-state index is 0.130. The molecule has 0 bridgehead atoms. The molecule has 0 saturated carbocycles. The summed E-state index contributed by atoms with van der Waals surface area (Å²) < 4.78 is 0. The van der Waals surface area contributed by atoms with E-state index in [4.69, 9.17) is 10.8 Å². The molecule has 3 N–H and O–H groups in total. The van der Waals surface area contributed by atoms with Gasteiger partial charge in [-0.15, -0.1) is 0 Å². The summed E-state index contributed by atoms with van der Waals surface area (Å²) >= 11 is 1.84. The molecule has 5 heteroatoms. The van der Waals surface area contributed by atoms with E-state index in [-0.39, 0.29) is 6.42 Å². The van der Waals surface area contributed by atoms with Gasteiger partial charge in [0.15, 0.2) is 0 Å². The lowest BCUT2D eigenvalue weighted by molar-refractivity contribution is -0.136. The van der Waals surface area contributed by atoms with Gasteiger partial charge >= 0.3 is 5.97 Å². The minimum Gasteiger partial charge on any atom is -0.481 e. The van der Waals surface area contributed by atoms with Crippen LogP contribution in [0, 0.1) is 0 Å². The van der Waals surface area contributed by atoms with Crippen molar-refractivity contribution in [2.24, 2.45) is 0 Å². The van der Waals surface area contributed by atoms with Gasteiger partial charge in [-0.3, -0.25) is 4.79 Å². The van der Waals surface area contributed by atoms with Crippen LogP contribution in [0.15, 0.2) is 24.3 Å². The lowest BCUT2D eigenvalue weighted by atomic mass is 10.2. The highest BCUT2D eigenvalue weighted by Gasteiger charge is 2.10. The van der Waals surface area contributed by atoms with Crippen molar-refractivity contribution in [1.82, 2.24) is 0 Å². The van der Waals surface area contributed by atoms with Crippen molar-refractivity contribution in [2.75, 3.05) is 35.2 Å². The molecule has 0 aliphatic rings. The molecule has 100 valence electrons. The van der Waals surface area contributed by atoms with Gasteiger partial charge in [-0.05, 0) is 17.9 Å². The van der Waals surface area contributed by atoms with Crippen molar-refractivity contribution in [1.29, 1.82) is 0 Å². The SMILES string of the molecule is CCSCCN(CCC(=O)O)c1ccccc1N. The molecule has 1 rings (SSSR count). The third-order valence-corrected chi connectivity index (χ3v) is 3.46. The third kappa shape index (κ3) is 4.87. The van der Waals surface area contributed by atoms with E-state index in [1.54, 1.807) is 0 Å². The molecule has 0 spiro atoms. The Hall–Kier alpha value is -1.36. The number of aliphatic carboxylic acids is 1. The van der Waals surface area contributed by atoms with E-state index in [0.29, 0.717) is 12.2 Å². The maximum Gasteiger partial charge on any atom is 0.305 e. The number of hydrogen-bond donors (Lipinski definition) is 2. The number of anilines is 2. The van der Waals surface area contributed by atoms with Crippen LogP contribution < -0.4 is 10.6 Å². The molecule has 0 aromatic heterocycles. The molecule has 0 fully saturated rings. The number of rotatable bonds is 8. The van der Waals surface area contributed by atoms with Crippen LogP contribution in [0.5, 0.6) is 0 Å². The molecule has 0 unspecified atom stereocenters. The number of carbonyl (C=O) groups is 1. The summed E-state index contributed by atoms with van der Waals surface area (Å²) in [6.07, 6.45) is 0.130. The summed E-state index contributed by atoms with van der Waals surface area (Å²) in [5.74, 6) is 1.26. The van der Waals surface area contributed by atoms with Crippen LogP contribution in [-0.2, 0) is 4.79 Å². The van der Waals surface area contributed by atoms with Crippen molar-refractivity contribution in [2.45, 2.75) is 13.3 Å². The first-order chi connectivity index (χ1) is 8.65. The van der Waals surface area contributed by atoms with Crippen LogP contribution in [0.2, 0.25) is 0 Å². The highest BCUT2D eigenvalue weighted by Crippen LogP contribution is 2.23. The van der Waals surface area contributed by atoms with E-state index in [2.05, 4.69) is 6.92 Å². The van der Waals surface area contributed by atoms with Crippen molar-refractivity contribution in [3.05, 3.63) is 24.3 Å². The largest absolute Gasteiger partial charge is 0.481 e. The molecule has 0 atom stereocenters. The zero-order chi connectivity index (χ0) is 13.4. The van der Waals surface area contributed by atoms with Gasteiger partial charge in [0.05, 0.1) is 17.8 Å². The fourth-order valence-electron chi connectivity index (χ4n) is 1.68. The number of nitrogens with two attached hydrogens (primary N) is 1. The van der Waals surface area contributed by atoms with Gasteiger partial charge in [0.25, 0.3) is 0 Å². The Labute approximate surface area is 112 Å². The average molecular weight is 268 g/mol. The number of thioether (sulfide) groups is 1. The van der Waals surface area contributed by atoms with Crippen molar-refractivity contribution >= 4 is 29.1 Å². The lowest BCUT2D eigenvalue weighted by Crippen LogP contribution is -2.29. The Bertz CT molecular complexity index is 385. The molecule has 0 aliphatic heterocycles. The van der Waals surface area contributed by atoms with Crippen molar-refractivity contribution in [3.63, 3.8) is 0 Å². The predicted octanol–water partition coefficient (Wildman–Crippen LogP) is 2.30. The van der Waals surface area contributed by atoms with Crippen LogP contribution in [0.25, 0.3) is 0 Å². The normalized spacial score (nSPS) is 10.3. The number of carboxylic acids is 1. The van der Waals surface area contributed by atoms with Crippen LogP contribution in [0.1, 0.15) is 13.3 Å². The van der Waals surface area contributed by atoms with E-state index < -0.39 is 5.97 Å². The Morgan fingerprint density at radius 1 is 1.39 bits per heavy atom. The molecule has 0 radical (unpaired) electrons. The smallest absolute Gasteiger partial charge is 0.305 e. The first kappa shape index (κ1) is 14.7. The minimum atomic E-state index is -0.780. The van der Waals surface area contributed by atoms with Gasteiger partial charge < -0.3 is 15.7 Å². The molecule has 0 aliphatic carbocycles. The Balaban J connectivity index is 2.69. The first-order valence-corrected chi connectivity index (χ1v) is 7.19. The molecule has 0 heterocycles. The van der Waals surface area contributed by atoms with E-state index >= 15 is 0 Å². The highest BCUT2D eigenvalue weighted by molar-refractivity contribution is 7.99. The van der Waals surface area contributed by atoms with Gasteiger partial charge in [-0.1, -0.05) is 19.1 Å². The van der Waals surface area contributed by atoms with Crippen LogP contribution in [0.4, 0.5) is 11.4 Å². The number of nitrogen functional groups attached to an aromatic ring is 1. The second kappa shape index (κ2) is 7.87. The molecule has 0 saturated heterocycles. The van der Waals surface area contributed by atoms with Gasteiger partial charge in [-0.25, -0.2) is 0 Å². The Kier molecular flexibility index (Phi) is 6.43. The number of para-hydroxylation sites is 2. The quantitative estimate of drug-likeness (QED) is 0.559. The summed E-state index contributed by atoms with van der Waals surface area (Å²) in [5, 5.41) is 8.79. The number of benzene rings is 1. The summed E-state index contributed by atoms with van der Waals surface area (Å²) in [6.45, 7) is 3.43. The van der Waals surface area contributed by atoms with Crippen molar-refractivity contribution in [3.8, 4) is 0 Å². The Morgan fingerprint density at radius 2 is 2.11 bits per heavy atom. The maximum atomic E-state index is 10.7. The summed E-state index contributed by atoms with van der Waals surface area (Å²) in [6, 6.07) is 7.59. The molecule has 1 aromatic carbocycles. The number of nitrogens with zero attached hydrogens (tertiary/aromatic N) is 1. The lowest BCUT2D eigenvalue weighted by Gasteiger charge is -2.25. The van der Waals surface area contributed by atoms with E-state index in [1.807, 2.05) is 40.9 Å². The van der Waals surface area contributed by atoms with Crippen LogP contribution in [0.3, 0.4) is 0 Å². The van der Waals surface area contributed by atoms with Gasteiger partial charge in [0.2, 0.25) is 0 Å². The summed E-state index contributed by atoms with van der Waals surface area (Å²) in [5.41, 5.74) is 7.56. The topological polar surface area (TPSA) is 66.6 Å². The van der Waals surface area contributed by atoms with Gasteiger partial charge in [0, 0.05) is 18.8 Å². The summed E-state index contributed by atoms with van der Waals surface area (Å²) in [7, 11) is 0. The van der Waals surface area contributed by atoms with E-state index in [1.165, 1.54) is 0 Å². The predicted molar refractivity (Wildman–Crippen MR) is 78.3 cm³/mol. The number of hydrogen-bond acceptors (Lipinski definition) is 4. The zero-order valence-corrected chi connectivity index (χ0v) is 11.4. The zero-order valence-electron chi connectivity index (χ0n) is 10.6. The van der Waals surface area contributed by atoms with Gasteiger partial charge in [-0.2, -0.15) is 11.8 Å². The molecule has 18 heavy (non-hydrogen) atoms. The van der Waals surface area contributed by atoms with Crippen molar-refractivity contribution < 1.29 is 9.90 Å². The first-order valence-electron chi connectivity index (χ1n) is 6.04. The summed E-state index contributed by atoms with van der Waals surface area (Å²) in [4.78, 5) is 12.7. The molecular formula is C13H20N2O2S. The van der Waals surface area contributed by atoms with Crippen LogP contribution >= 0.6 is 11.8 Å². The van der Waals surface area contributed by atoms with Gasteiger partial charge in [0.1, 0.15) is 0 Å². The average Bonchev–Trinajstić information content (AvgIpc) is 2.34. The maximum absolute atomic E-state index is 10.7. The highest BCUT2D eigenvalue weighted by atomic mass is 32.2. The molecule has 0 amide bonds. The third-order valence-electron chi connectivity index (χ3n) is 2.58. The second-order valence-electron chi connectivity index (χ2n) is 3.89. The standard InChI is InChI=1S/C13H20N2O2S/c1-2-18-10-9-15(8-7-13(16)17)12-6-4-3-5-11(12)14/h3-6H,2,7-10,14H2,1H3,(H,16,17). The molecule has 4 nitrogen and oxygen atoms in total. The monoisotopic (exact) mass is 268 g/mol.